The van der Waals surface area contributed by atoms with Gasteiger partial charge in [0.1, 0.15) is 5.41 Å². The summed E-state index contributed by atoms with van der Waals surface area (Å²) in [6.45, 7) is 2.93. The molecule has 1 saturated carbocycles. The molecule has 2 aliphatic rings. The van der Waals surface area contributed by atoms with E-state index in [1.807, 2.05) is 16.7 Å². The van der Waals surface area contributed by atoms with Crippen molar-refractivity contribution in [2.45, 2.75) is 44.6 Å². The van der Waals surface area contributed by atoms with Crippen molar-refractivity contribution < 1.29 is 27.1 Å². The summed E-state index contributed by atoms with van der Waals surface area (Å²) < 4.78 is 62.2. The molecule has 4 rings (SSSR count). The first-order valence-electron chi connectivity index (χ1n) is 9.13. The number of hydrogen-bond acceptors (Lipinski definition) is 2. The number of fused-ring (bicyclic) bond motifs is 1. The van der Waals surface area contributed by atoms with Gasteiger partial charge in [0.05, 0.1) is 0 Å². The number of halogens is 4. The van der Waals surface area contributed by atoms with Crippen molar-refractivity contribution in [3.63, 3.8) is 0 Å². The van der Waals surface area contributed by atoms with Crippen LogP contribution in [0.3, 0.4) is 0 Å². The molecule has 1 aliphatic carbocycles. The van der Waals surface area contributed by atoms with E-state index in [1.165, 1.54) is 0 Å². The van der Waals surface area contributed by atoms with E-state index >= 15 is 0 Å². The van der Waals surface area contributed by atoms with Crippen LogP contribution in [0.4, 0.5) is 17.6 Å². The van der Waals surface area contributed by atoms with E-state index in [9.17, 15) is 22.4 Å². The van der Waals surface area contributed by atoms with Crippen LogP contribution in [0.15, 0.2) is 30.5 Å². The highest BCUT2D eigenvalue weighted by Crippen LogP contribution is 2.64. The molecule has 1 saturated heterocycles. The van der Waals surface area contributed by atoms with Crippen LogP contribution >= 0.6 is 0 Å². The lowest BCUT2D eigenvalue weighted by atomic mass is 9.60. The van der Waals surface area contributed by atoms with Crippen LogP contribution in [0.25, 0.3) is 10.9 Å². The second-order valence-corrected chi connectivity index (χ2v) is 7.88. The molecule has 2 aromatic rings. The van der Waals surface area contributed by atoms with Gasteiger partial charge in [-0.05, 0) is 31.7 Å². The third-order valence-corrected chi connectivity index (χ3v) is 6.06. The molecule has 3 nitrogen and oxygen atoms in total. The molecule has 1 aliphatic heterocycles. The second kappa shape index (κ2) is 6.06. The fraction of sp³-hybridized carbons (Fsp3) is 0.550. The number of ketones is 1. The van der Waals surface area contributed by atoms with Gasteiger partial charge in [-0.3, -0.25) is 4.79 Å². The largest absolute Gasteiger partial charge is 0.381 e. The molecule has 2 heterocycles. The number of para-hydroxylation sites is 1. The smallest absolute Gasteiger partial charge is 0.322 e. The van der Waals surface area contributed by atoms with Crippen LogP contribution in [0.2, 0.25) is 0 Å². The summed E-state index contributed by atoms with van der Waals surface area (Å²) in [4.78, 5) is 12.9. The first kappa shape index (κ1) is 18.5. The van der Waals surface area contributed by atoms with Crippen molar-refractivity contribution in [1.29, 1.82) is 0 Å². The number of Topliss-reactive ketones (excluding diaryl/α,β-unsaturated/α-hetero) is 1. The Morgan fingerprint density at radius 3 is 2.48 bits per heavy atom. The number of aromatic nitrogens is 1. The monoisotopic (exact) mass is 383 g/mol. The predicted octanol–water partition coefficient (Wildman–Crippen LogP) is 4.93. The molecular formula is C20H21F4NO2. The van der Waals surface area contributed by atoms with Crippen LogP contribution in [0.1, 0.15) is 36.5 Å². The number of benzene rings is 1. The summed E-state index contributed by atoms with van der Waals surface area (Å²) in [6.07, 6.45) is 2.20. The maximum Gasteiger partial charge on any atom is 0.322 e. The number of alkyl halides is 4. The molecule has 0 amide bonds. The van der Waals surface area contributed by atoms with E-state index in [2.05, 4.69) is 0 Å². The summed E-state index contributed by atoms with van der Waals surface area (Å²) in [7, 11) is 0. The molecular weight excluding hydrogens is 362 g/mol. The van der Waals surface area contributed by atoms with Crippen LogP contribution < -0.4 is 0 Å². The zero-order chi connectivity index (χ0) is 19.4. The Bertz CT molecular complexity index is 885. The van der Waals surface area contributed by atoms with Gasteiger partial charge >= 0.3 is 11.8 Å². The molecule has 7 heteroatoms. The van der Waals surface area contributed by atoms with Gasteiger partial charge in [0.15, 0.2) is 5.78 Å². The second-order valence-electron chi connectivity index (χ2n) is 7.88. The fourth-order valence-corrected chi connectivity index (χ4v) is 4.27. The van der Waals surface area contributed by atoms with Gasteiger partial charge in [-0.2, -0.15) is 17.6 Å². The summed E-state index contributed by atoms with van der Waals surface area (Å²) in [5.74, 6) is -9.04. The minimum atomic E-state index is -4.35. The van der Waals surface area contributed by atoms with Gasteiger partial charge in [-0.25, -0.2) is 0 Å². The quantitative estimate of drug-likeness (QED) is 0.554. The summed E-state index contributed by atoms with van der Waals surface area (Å²) in [6, 6.07) is 7.03. The highest BCUT2D eigenvalue weighted by Gasteiger charge is 2.80. The lowest BCUT2D eigenvalue weighted by molar-refractivity contribution is -0.333. The minimum Gasteiger partial charge on any atom is -0.381 e. The topological polar surface area (TPSA) is 31.2 Å². The van der Waals surface area contributed by atoms with Gasteiger partial charge in [-0.15, -0.1) is 0 Å². The Kier molecular flexibility index (Phi) is 4.14. The fourth-order valence-electron chi connectivity index (χ4n) is 4.27. The number of carbonyl (C=O) groups is 1. The molecule has 1 aromatic carbocycles. The summed E-state index contributed by atoms with van der Waals surface area (Å²) in [5, 5.41) is 0.529. The molecule has 0 bridgehead atoms. The predicted molar refractivity (Wildman–Crippen MR) is 92.4 cm³/mol. The van der Waals surface area contributed by atoms with Crippen molar-refractivity contribution in [1.82, 2.24) is 4.57 Å². The van der Waals surface area contributed by atoms with Crippen molar-refractivity contribution in [2.75, 3.05) is 13.2 Å². The Morgan fingerprint density at radius 1 is 1.19 bits per heavy atom. The zero-order valence-electron chi connectivity index (χ0n) is 15.0. The van der Waals surface area contributed by atoms with E-state index in [1.54, 1.807) is 18.3 Å². The maximum absolute atomic E-state index is 14.1. The Morgan fingerprint density at radius 2 is 1.85 bits per heavy atom. The van der Waals surface area contributed by atoms with Crippen molar-refractivity contribution in [3.05, 3.63) is 36.0 Å². The van der Waals surface area contributed by atoms with E-state index in [0.717, 1.165) is 25.3 Å². The molecule has 1 unspecified atom stereocenters. The summed E-state index contributed by atoms with van der Waals surface area (Å²) >= 11 is 0. The molecule has 146 valence electrons. The molecule has 1 aromatic heterocycles. The minimum absolute atomic E-state index is 0.0929. The molecule has 1 atom stereocenters. The number of rotatable bonds is 4. The highest BCUT2D eigenvalue weighted by atomic mass is 19.3. The van der Waals surface area contributed by atoms with Gasteiger partial charge in [-0.1, -0.05) is 18.2 Å². The Balaban J connectivity index is 1.71. The number of hydrogen-bond donors (Lipinski definition) is 0. The van der Waals surface area contributed by atoms with Crippen LogP contribution in [-0.4, -0.2) is 35.4 Å². The van der Waals surface area contributed by atoms with Crippen LogP contribution in [-0.2, 0) is 11.3 Å². The zero-order valence-corrected chi connectivity index (χ0v) is 15.0. The molecule has 2 fully saturated rings. The Hall–Kier alpha value is -1.89. The van der Waals surface area contributed by atoms with E-state index in [0.29, 0.717) is 31.1 Å². The third-order valence-electron chi connectivity index (χ3n) is 6.06. The van der Waals surface area contributed by atoms with Gasteiger partial charge < -0.3 is 9.30 Å². The third kappa shape index (κ3) is 2.62. The molecule has 0 N–H and O–H groups in total. The number of ether oxygens (including phenoxy) is 1. The van der Waals surface area contributed by atoms with Crippen molar-refractivity contribution >= 4 is 16.7 Å². The van der Waals surface area contributed by atoms with E-state index in [4.69, 9.17) is 4.74 Å². The van der Waals surface area contributed by atoms with Gasteiger partial charge in [0.25, 0.3) is 0 Å². The maximum atomic E-state index is 14.1. The van der Waals surface area contributed by atoms with E-state index < -0.39 is 29.5 Å². The average Bonchev–Trinajstić information content (AvgIpc) is 3.00. The molecule has 27 heavy (non-hydrogen) atoms. The lowest BCUT2D eigenvalue weighted by Crippen LogP contribution is -2.68. The standard InChI is InChI=1S/C20H21F4NO2/c1-18(12-19(21,22)20(18,23)24)17(26)15-11-25(10-13-6-8-27-9-7-13)16-5-3-2-4-14(15)16/h2-5,11,13H,6-10,12H2,1H3. The van der Waals surface area contributed by atoms with Crippen molar-refractivity contribution in [2.24, 2.45) is 11.3 Å². The van der Waals surface area contributed by atoms with E-state index in [-0.39, 0.29) is 5.56 Å². The Labute approximate surface area is 154 Å². The lowest BCUT2D eigenvalue weighted by Gasteiger charge is -2.50. The average molecular weight is 383 g/mol. The van der Waals surface area contributed by atoms with Gasteiger partial charge in [0, 0.05) is 48.8 Å². The normalized spacial score (nSPS) is 27.4. The summed E-state index contributed by atoms with van der Waals surface area (Å²) in [5.41, 5.74) is -1.54. The first-order chi connectivity index (χ1) is 12.7. The number of nitrogens with zero attached hydrogens (tertiary/aromatic N) is 1. The first-order valence-corrected chi connectivity index (χ1v) is 9.13. The SMILES string of the molecule is CC1(C(=O)c2cn(CC3CCOCC3)c3ccccc23)CC(F)(F)C1(F)F. The highest BCUT2D eigenvalue weighted by molar-refractivity contribution is 6.11. The van der Waals surface area contributed by atoms with Crippen molar-refractivity contribution in [3.8, 4) is 0 Å². The van der Waals surface area contributed by atoms with Gasteiger partial charge in [0.2, 0.25) is 0 Å². The number of carbonyl (C=O) groups excluding carboxylic acids is 1. The van der Waals surface area contributed by atoms with Crippen LogP contribution in [0.5, 0.6) is 0 Å². The molecule has 0 spiro atoms. The molecule has 0 radical (unpaired) electrons. The van der Waals surface area contributed by atoms with Crippen LogP contribution in [0, 0.1) is 11.3 Å².